The first-order valence-corrected chi connectivity index (χ1v) is 4.36. The number of nitrogens with zero attached hydrogens (tertiary/aromatic N) is 1. The van der Waals surface area contributed by atoms with Crippen LogP contribution in [0.4, 0.5) is 0 Å². The molecule has 0 aliphatic carbocycles. The fourth-order valence-electron chi connectivity index (χ4n) is 2.02. The van der Waals surface area contributed by atoms with E-state index in [-0.39, 0.29) is 6.04 Å². The molecule has 62 valence electrons. The number of hydrogen-bond donors (Lipinski definition) is 1. The highest BCUT2D eigenvalue weighted by Crippen LogP contribution is 2.20. The molecule has 0 radical (unpaired) electrons. The van der Waals surface area contributed by atoms with Gasteiger partial charge in [0.25, 0.3) is 0 Å². The zero-order valence-electron chi connectivity index (χ0n) is 6.84. The molecule has 3 heteroatoms. The maximum absolute atomic E-state index is 11.5. The third-order valence-corrected chi connectivity index (χ3v) is 2.67. The lowest BCUT2D eigenvalue weighted by atomic mass is 10.2. The van der Waals surface area contributed by atoms with Crippen LogP contribution >= 0.6 is 0 Å². The van der Waals surface area contributed by atoms with Crippen LogP contribution in [-0.4, -0.2) is 36.0 Å². The molecular formula is C8H14N2O. The molecule has 1 N–H and O–H groups in total. The first-order chi connectivity index (χ1) is 5.31. The maximum atomic E-state index is 11.5. The van der Waals surface area contributed by atoms with Crippen LogP contribution in [0.2, 0.25) is 0 Å². The maximum Gasteiger partial charge on any atom is 0.239 e. The quantitative estimate of drug-likeness (QED) is 0.575. The predicted molar refractivity (Wildman–Crippen MR) is 42.2 cm³/mol. The van der Waals surface area contributed by atoms with E-state index in [2.05, 4.69) is 5.32 Å². The molecule has 2 saturated heterocycles. The van der Waals surface area contributed by atoms with Gasteiger partial charge in [0.1, 0.15) is 0 Å². The highest BCUT2D eigenvalue weighted by atomic mass is 16.2. The third kappa shape index (κ3) is 1.03. The van der Waals surface area contributed by atoms with Gasteiger partial charge in [-0.3, -0.25) is 4.79 Å². The van der Waals surface area contributed by atoms with Gasteiger partial charge >= 0.3 is 0 Å². The van der Waals surface area contributed by atoms with Crippen molar-refractivity contribution >= 4 is 5.91 Å². The van der Waals surface area contributed by atoms with Crippen LogP contribution in [0.1, 0.15) is 19.8 Å². The predicted octanol–water partition coefficient (Wildman–Crippen LogP) is -0.0309. The average Bonchev–Trinajstić information content (AvgIpc) is 2.42. The summed E-state index contributed by atoms with van der Waals surface area (Å²) in [5.74, 6) is 0.307. The van der Waals surface area contributed by atoms with Crippen LogP contribution in [0.25, 0.3) is 0 Å². The molecule has 11 heavy (non-hydrogen) atoms. The number of piperazine rings is 1. The summed E-state index contributed by atoms with van der Waals surface area (Å²) in [6, 6.07) is 0.728. The van der Waals surface area contributed by atoms with Crippen molar-refractivity contribution in [3.05, 3.63) is 0 Å². The van der Waals surface area contributed by atoms with E-state index in [0.29, 0.717) is 11.9 Å². The largest absolute Gasteiger partial charge is 0.340 e. The summed E-state index contributed by atoms with van der Waals surface area (Å²) in [5, 5.41) is 3.31. The smallest absolute Gasteiger partial charge is 0.239 e. The van der Waals surface area contributed by atoms with Crippen LogP contribution in [0.5, 0.6) is 0 Å². The molecule has 0 aromatic rings. The Morgan fingerprint density at radius 3 is 3.18 bits per heavy atom. The van der Waals surface area contributed by atoms with Crippen LogP contribution < -0.4 is 5.32 Å². The molecule has 2 unspecified atom stereocenters. The molecule has 0 saturated carbocycles. The Morgan fingerprint density at radius 1 is 1.64 bits per heavy atom. The summed E-state index contributed by atoms with van der Waals surface area (Å²) in [7, 11) is 0. The Morgan fingerprint density at radius 2 is 2.45 bits per heavy atom. The first kappa shape index (κ1) is 7.10. The summed E-state index contributed by atoms with van der Waals surface area (Å²) >= 11 is 0. The summed E-state index contributed by atoms with van der Waals surface area (Å²) in [5.41, 5.74) is 0. The molecule has 2 fully saturated rings. The lowest BCUT2D eigenvalue weighted by molar-refractivity contribution is -0.134. The van der Waals surface area contributed by atoms with Crippen molar-refractivity contribution in [3.8, 4) is 0 Å². The fraction of sp³-hybridized carbons (Fsp3) is 0.875. The summed E-state index contributed by atoms with van der Waals surface area (Å²) in [6.45, 7) is 3.84. The molecule has 0 spiro atoms. The topological polar surface area (TPSA) is 32.3 Å². The van der Waals surface area contributed by atoms with Gasteiger partial charge in [0.05, 0.1) is 6.04 Å². The van der Waals surface area contributed by atoms with Gasteiger partial charge in [-0.05, 0) is 19.8 Å². The van der Waals surface area contributed by atoms with E-state index in [0.717, 1.165) is 19.5 Å². The SMILES string of the molecule is CCN1CC2CCC(N2)C1=O. The molecule has 2 aliphatic rings. The highest BCUT2D eigenvalue weighted by Gasteiger charge is 2.37. The average molecular weight is 154 g/mol. The van der Waals surface area contributed by atoms with Crippen molar-refractivity contribution < 1.29 is 4.79 Å². The van der Waals surface area contributed by atoms with Crippen molar-refractivity contribution in [2.45, 2.75) is 31.8 Å². The summed E-state index contributed by atoms with van der Waals surface area (Å²) in [6.07, 6.45) is 2.22. The lowest BCUT2D eigenvalue weighted by Gasteiger charge is -2.31. The molecule has 2 atom stereocenters. The van der Waals surface area contributed by atoms with Crippen LogP contribution in [-0.2, 0) is 4.79 Å². The second-order valence-electron chi connectivity index (χ2n) is 3.37. The van der Waals surface area contributed by atoms with Gasteiger partial charge in [-0.2, -0.15) is 0 Å². The normalized spacial score (nSPS) is 36.5. The Balaban J connectivity index is 2.12. The van der Waals surface area contributed by atoms with Crippen molar-refractivity contribution in [3.63, 3.8) is 0 Å². The highest BCUT2D eigenvalue weighted by molar-refractivity contribution is 5.83. The third-order valence-electron chi connectivity index (χ3n) is 2.67. The standard InChI is InChI=1S/C8H14N2O/c1-2-10-5-6-3-4-7(9-6)8(10)11/h6-7,9H,2-5H2,1H3. The zero-order valence-corrected chi connectivity index (χ0v) is 6.84. The molecule has 3 nitrogen and oxygen atoms in total. The number of likely N-dealkylation sites (N-methyl/N-ethyl adjacent to an activating group) is 1. The second-order valence-corrected chi connectivity index (χ2v) is 3.37. The Labute approximate surface area is 66.8 Å². The number of fused-ring (bicyclic) bond motifs is 2. The minimum atomic E-state index is 0.147. The monoisotopic (exact) mass is 154 g/mol. The summed E-state index contributed by atoms with van der Waals surface area (Å²) < 4.78 is 0. The van der Waals surface area contributed by atoms with Gasteiger partial charge in [0, 0.05) is 19.1 Å². The first-order valence-electron chi connectivity index (χ1n) is 4.36. The number of carbonyl (C=O) groups excluding carboxylic acids is 1. The molecule has 0 aromatic carbocycles. The lowest BCUT2D eigenvalue weighted by Crippen LogP contribution is -2.54. The van der Waals surface area contributed by atoms with Crippen LogP contribution in [0.3, 0.4) is 0 Å². The number of rotatable bonds is 1. The number of amides is 1. The zero-order chi connectivity index (χ0) is 7.84. The molecule has 1 amide bonds. The van der Waals surface area contributed by atoms with Crippen LogP contribution in [0, 0.1) is 0 Å². The van der Waals surface area contributed by atoms with Gasteiger partial charge in [-0.15, -0.1) is 0 Å². The van der Waals surface area contributed by atoms with Gasteiger partial charge < -0.3 is 10.2 Å². The van der Waals surface area contributed by atoms with E-state index in [1.165, 1.54) is 6.42 Å². The van der Waals surface area contributed by atoms with Crippen molar-refractivity contribution in [1.82, 2.24) is 10.2 Å². The van der Waals surface area contributed by atoms with Gasteiger partial charge in [0.15, 0.2) is 0 Å². The van der Waals surface area contributed by atoms with Crippen molar-refractivity contribution in [2.24, 2.45) is 0 Å². The second kappa shape index (κ2) is 2.48. The van der Waals surface area contributed by atoms with Gasteiger partial charge in [-0.25, -0.2) is 0 Å². The minimum Gasteiger partial charge on any atom is -0.340 e. The Kier molecular flexibility index (Phi) is 1.60. The van der Waals surface area contributed by atoms with E-state index in [4.69, 9.17) is 0 Å². The Bertz CT molecular complexity index is 181. The number of carbonyl (C=O) groups is 1. The number of likely N-dealkylation sites (tertiary alicyclic amines) is 1. The van der Waals surface area contributed by atoms with E-state index in [1.807, 2.05) is 11.8 Å². The van der Waals surface area contributed by atoms with E-state index in [1.54, 1.807) is 0 Å². The van der Waals surface area contributed by atoms with E-state index in [9.17, 15) is 4.79 Å². The minimum absolute atomic E-state index is 0.147. The molecule has 2 heterocycles. The molecule has 0 aromatic heterocycles. The van der Waals surface area contributed by atoms with Crippen molar-refractivity contribution in [1.29, 1.82) is 0 Å². The van der Waals surface area contributed by atoms with E-state index >= 15 is 0 Å². The van der Waals surface area contributed by atoms with E-state index < -0.39 is 0 Å². The van der Waals surface area contributed by atoms with Gasteiger partial charge in [-0.1, -0.05) is 0 Å². The Hall–Kier alpha value is -0.570. The summed E-state index contributed by atoms with van der Waals surface area (Å²) in [4.78, 5) is 13.4. The fourth-order valence-corrected chi connectivity index (χ4v) is 2.02. The number of nitrogens with one attached hydrogen (secondary N) is 1. The molecule has 2 rings (SSSR count). The van der Waals surface area contributed by atoms with Crippen molar-refractivity contribution in [2.75, 3.05) is 13.1 Å². The molecule has 2 aliphatic heterocycles. The molecule has 2 bridgehead atoms. The number of hydrogen-bond acceptors (Lipinski definition) is 2. The molecular weight excluding hydrogens is 140 g/mol. The van der Waals surface area contributed by atoms with Crippen LogP contribution in [0.15, 0.2) is 0 Å². The van der Waals surface area contributed by atoms with Gasteiger partial charge in [0.2, 0.25) is 5.91 Å².